The zero-order valence-electron chi connectivity index (χ0n) is 26.5. The number of halogens is 3. The van der Waals surface area contributed by atoms with Gasteiger partial charge in [-0.1, -0.05) is 60.1 Å². The van der Waals surface area contributed by atoms with E-state index in [9.17, 15) is 32.8 Å². The molecular formula is C34H47F3N2O3. The van der Waals surface area contributed by atoms with Crippen LogP contribution in [0.3, 0.4) is 0 Å². The lowest BCUT2D eigenvalue weighted by Crippen LogP contribution is -2.60. The number of ketones is 2. The summed E-state index contributed by atoms with van der Waals surface area (Å²) in [6.45, 7) is 16.3. The number of carbonyl (C=O) groups is 3. The number of carbonyl (C=O) groups excluding carboxylic acids is 3. The highest BCUT2D eigenvalue weighted by Gasteiger charge is 2.65. The van der Waals surface area contributed by atoms with Crippen LogP contribution in [0.5, 0.6) is 0 Å². The van der Waals surface area contributed by atoms with Crippen LogP contribution in [0.15, 0.2) is 23.3 Å². The van der Waals surface area contributed by atoms with Crippen LogP contribution >= 0.6 is 0 Å². The van der Waals surface area contributed by atoms with Gasteiger partial charge in [-0.2, -0.15) is 18.4 Å². The molecule has 4 rings (SSSR count). The molecular weight excluding hydrogens is 541 g/mol. The van der Waals surface area contributed by atoms with Crippen LogP contribution < -0.4 is 5.32 Å². The molecule has 232 valence electrons. The van der Waals surface area contributed by atoms with Crippen LogP contribution in [0, 0.1) is 50.2 Å². The van der Waals surface area contributed by atoms with Crippen LogP contribution in [-0.2, 0) is 14.4 Å². The predicted octanol–water partition coefficient (Wildman–Crippen LogP) is 7.81. The quantitative estimate of drug-likeness (QED) is 0.356. The molecule has 0 radical (unpaired) electrons. The second-order valence-electron chi connectivity index (χ2n) is 16.0. The summed E-state index contributed by atoms with van der Waals surface area (Å²) in [7, 11) is 0. The number of hydrogen-bond donors (Lipinski definition) is 1. The molecule has 0 saturated heterocycles. The molecule has 0 aromatic rings. The van der Waals surface area contributed by atoms with Gasteiger partial charge < -0.3 is 5.32 Å². The van der Waals surface area contributed by atoms with Crippen molar-refractivity contribution < 1.29 is 27.6 Å². The molecule has 1 N–H and O–H groups in total. The maximum atomic E-state index is 14.2. The highest BCUT2D eigenvalue weighted by molar-refractivity contribution is 6.04. The lowest BCUT2D eigenvalue weighted by molar-refractivity contribution is -0.155. The standard InChI is InChI=1S/C34H47F3N2O3/c1-28(2)11-9-22-23(40)17-25-31(6)18-21(20-38)27(42)29(3,4)24(31)10-12-33(25,8)32(22,7)16-15-30(5,14-13-28)39-26(41)19-34(35,36)37/h17-18,22,24H,9-16,19H2,1-8H3,(H,39,41)/t22?,24-,30-,31-,32+,33+/m0/s1. The summed E-state index contributed by atoms with van der Waals surface area (Å²) in [6.07, 6.45) is 2.77. The number of fused-ring (bicyclic) bond motifs is 5. The van der Waals surface area contributed by atoms with Crippen molar-refractivity contribution >= 4 is 17.5 Å². The first kappa shape index (κ1) is 32.5. The molecule has 0 spiro atoms. The van der Waals surface area contributed by atoms with E-state index in [-0.39, 0.29) is 34.4 Å². The number of Topliss-reactive ketones (excluding diaryl/α,β-unsaturated/α-hetero) is 1. The Morgan fingerprint density at radius 1 is 0.952 bits per heavy atom. The van der Waals surface area contributed by atoms with Crippen molar-refractivity contribution in [3.8, 4) is 6.07 Å². The van der Waals surface area contributed by atoms with Gasteiger partial charge in [-0.25, -0.2) is 0 Å². The van der Waals surface area contributed by atoms with Crippen molar-refractivity contribution in [2.75, 3.05) is 0 Å². The Balaban J connectivity index is 1.82. The molecule has 0 heterocycles. The van der Waals surface area contributed by atoms with Gasteiger partial charge in [0, 0.05) is 22.3 Å². The van der Waals surface area contributed by atoms with Gasteiger partial charge in [0.15, 0.2) is 11.6 Å². The minimum Gasteiger partial charge on any atom is -0.351 e. The smallest absolute Gasteiger partial charge is 0.351 e. The van der Waals surface area contributed by atoms with Gasteiger partial charge in [-0.15, -0.1) is 0 Å². The van der Waals surface area contributed by atoms with E-state index in [1.807, 2.05) is 26.8 Å². The van der Waals surface area contributed by atoms with Crippen molar-refractivity contribution in [2.45, 2.75) is 125 Å². The third-order valence-electron chi connectivity index (χ3n) is 12.2. The van der Waals surface area contributed by atoms with Crippen LogP contribution in [0.4, 0.5) is 13.2 Å². The van der Waals surface area contributed by atoms with Crippen molar-refractivity contribution in [3.63, 3.8) is 0 Å². The van der Waals surface area contributed by atoms with E-state index in [4.69, 9.17) is 0 Å². The van der Waals surface area contributed by atoms with E-state index in [2.05, 4.69) is 46.0 Å². The Morgan fingerprint density at radius 2 is 1.57 bits per heavy atom. The minimum atomic E-state index is -4.59. The Morgan fingerprint density at radius 3 is 2.17 bits per heavy atom. The summed E-state index contributed by atoms with van der Waals surface area (Å²) in [5.74, 6) is -1.49. The Labute approximate surface area is 248 Å². The number of nitriles is 1. The molecule has 0 bridgehead atoms. The number of amides is 1. The molecule has 4 aliphatic carbocycles. The van der Waals surface area contributed by atoms with E-state index in [0.717, 1.165) is 31.3 Å². The predicted molar refractivity (Wildman–Crippen MR) is 155 cm³/mol. The van der Waals surface area contributed by atoms with Crippen molar-refractivity contribution in [3.05, 3.63) is 23.3 Å². The molecule has 8 heteroatoms. The highest BCUT2D eigenvalue weighted by Crippen LogP contribution is 2.70. The zero-order chi connectivity index (χ0) is 31.7. The van der Waals surface area contributed by atoms with Crippen molar-refractivity contribution in [2.24, 2.45) is 38.9 Å². The number of allylic oxidation sites excluding steroid dienone is 4. The van der Waals surface area contributed by atoms with Gasteiger partial charge in [0.05, 0.1) is 5.57 Å². The monoisotopic (exact) mass is 588 g/mol. The van der Waals surface area contributed by atoms with Crippen molar-refractivity contribution in [1.29, 1.82) is 5.26 Å². The maximum absolute atomic E-state index is 14.2. The lowest BCUT2D eigenvalue weighted by atomic mass is 9.38. The van der Waals surface area contributed by atoms with Gasteiger partial charge in [0.25, 0.3) is 0 Å². The molecule has 6 atom stereocenters. The molecule has 5 nitrogen and oxygen atoms in total. The van der Waals surface area contributed by atoms with E-state index in [1.165, 1.54) is 0 Å². The van der Waals surface area contributed by atoms with Crippen LogP contribution in [0.2, 0.25) is 0 Å². The van der Waals surface area contributed by atoms with E-state index in [0.29, 0.717) is 25.7 Å². The Kier molecular flexibility index (Phi) is 7.78. The topological polar surface area (TPSA) is 87.0 Å². The van der Waals surface area contributed by atoms with Gasteiger partial charge in [-0.3, -0.25) is 14.4 Å². The van der Waals surface area contributed by atoms with Gasteiger partial charge in [0.2, 0.25) is 5.91 Å². The first-order valence-corrected chi connectivity index (χ1v) is 15.4. The fourth-order valence-electron chi connectivity index (χ4n) is 9.28. The average Bonchev–Trinajstić information content (AvgIpc) is 2.84. The van der Waals surface area contributed by atoms with Crippen LogP contribution in [0.25, 0.3) is 0 Å². The molecule has 42 heavy (non-hydrogen) atoms. The molecule has 0 aromatic carbocycles. The third kappa shape index (κ3) is 5.28. The summed E-state index contributed by atoms with van der Waals surface area (Å²) in [5.41, 5.74) is -2.36. The summed E-state index contributed by atoms with van der Waals surface area (Å²) < 4.78 is 39.3. The maximum Gasteiger partial charge on any atom is 0.397 e. The van der Waals surface area contributed by atoms with Gasteiger partial charge >= 0.3 is 6.18 Å². The number of rotatable bonds is 2. The van der Waals surface area contributed by atoms with E-state index >= 15 is 0 Å². The van der Waals surface area contributed by atoms with Gasteiger partial charge in [-0.05, 0) is 86.5 Å². The number of hydrogen-bond acceptors (Lipinski definition) is 4. The second kappa shape index (κ2) is 10.1. The van der Waals surface area contributed by atoms with Crippen LogP contribution in [0.1, 0.15) is 113 Å². The summed E-state index contributed by atoms with van der Waals surface area (Å²) in [5, 5.41) is 12.6. The molecule has 2 fully saturated rings. The van der Waals surface area contributed by atoms with Gasteiger partial charge in [0.1, 0.15) is 12.5 Å². The van der Waals surface area contributed by atoms with Crippen LogP contribution in [-0.4, -0.2) is 29.2 Å². The number of nitrogens with zero attached hydrogens (tertiary/aromatic N) is 1. The molecule has 0 aliphatic heterocycles. The highest BCUT2D eigenvalue weighted by atomic mass is 19.4. The molecule has 4 aliphatic rings. The third-order valence-corrected chi connectivity index (χ3v) is 12.2. The summed E-state index contributed by atoms with van der Waals surface area (Å²) in [6, 6.07) is 2.12. The summed E-state index contributed by atoms with van der Waals surface area (Å²) in [4.78, 5) is 40.0. The molecule has 1 unspecified atom stereocenters. The first-order chi connectivity index (χ1) is 19.0. The molecule has 1 amide bonds. The fourth-order valence-corrected chi connectivity index (χ4v) is 9.28. The minimum absolute atomic E-state index is 0.0487. The Bertz CT molecular complexity index is 1290. The number of alkyl halides is 3. The average molecular weight is 589 g/mol. The SMILES string of the molecule is CC1(C)CCC2C(=O)C=C3[C@@]4(C)C=C(C#N)C(=O)C(C)(C)[C@@H]4CC[C@@]3(C)[C@]2(C)CC[C@@](C)(NC(=O)CC(F)(F)F)CC1. The normalized spacial score (nSPS) is 39.9. The largest absolute Gasteiger partial charge is 0.397 e. The van der Waals surface area contributed by atoms with E-state index < -0.39 is 45.7 Å². The zero-order valence-corrected chi connectivity index (χ0v) is 26.5. The Hall–Kier alpha value is -2.43. The molecule has 2 saturated carbocycles. The molecule has 0 aromatic heterocycles. The first-order valence-electron chi connectivity index (χ1n) is 15.4. The number of nitrogens with one attached hydrogen (secondary N) is 1. The lowest BCUT2D eigenvalue weighted by Gasteiger charge is -2.65. The van der Waals surface area contributed by atoms with E-state index in [1.54, 1.807) is 6.08 Å². The fraction of sp³-hybridized carbons (Fsp3) is 0.765. The summed E-state index contributed by atoms with van der Waals surface area (Å²) >= 11 is 0. The van der Waals surface area contributed by atoms with Crippen molar-refractivity contribution in [1.82, 2.24) is 5.32 Å². The second-order valence-corrected chi connectivity index (χ2v) is 16.0.